The van der Waals surface area contributed by atoms with Crippen LogP contribution in [0.5, 0.6) is 5.75 Å². The van der Waals surface area contributed by atoms with Gasteiger partial charge in [-0.15, -0.1) is 0 Å². The van der Waals surface area contributed by atoms with E-state index in [4.69, 9.17) is 14.7 Å². The number of nitrogens with zero attached hydrogens (tertiary/aromatic N) is 3. The van der Waals surface area contributed by atoms with Crippen LogP contribution >= 0.6 is 0 Å². The van der Waals surface area contributed by atoms with Gasteiger partial charge < -0.3 is 10.1 Å². The van der Waals surface area contributed by atoms with Crippen molar-refractivity contribution in [2.24, 2.45) is 0 Å². The second-order valence-corrected chi connectivity index (χ2v) is 8.25. The smallest absolute Gasteiger partial charge is 0.163 e. The quantitative estimate of drug-likeness (QED) is 0.329. The van der Waals surface area contributed by atoms with E-state index in [1.165, 1.54) is 11.1 Å². The molecule has 5 aromatic rings. The molecule has 5 heteroatoms. The minimum Gasteiger partial charge on any atom is -0.497 e. The highest BCUT2D eigenvalue weighted by atomic mass is 16.5. The topological polar surface area (TPSA) is 59.9 Å². The molecule has 0 radical (unpaired) electrons. The first-order chi connectivity index (χ1) is 16.8. The standard InChI is InChI=1S/C29H22N4O/c1-34-25-9-3-7-21(16-25)22-11-13-27-26(17-22)29(33-28(32-27)23-8-4-14-30-18-23)31-24-12-10-19-5-2-6-20(19)15-24/h2-4,6-18H,5H2,1H3,(H,31,32,33). The van der Waals surface area contributed by atoms with E-state index >= 15 is 0 Å². The Hall–Kier alpha value is -4.51. The van der Waals surface area contributed by atoms with Gasteiger partial charge in [-0.05, 0) is 77.2 Å². The fourth-order valence-electron chi connectivity index (χ4n) is 4.29. The third kappa shape index (κ3) is 3.77. The number of allylic oxidation sites excluding steroid dienone is 1. The molecule has 0 fully saturated rings. The molecule has 0 atom stereocenters. The Balaban J connectivity index is 1.50. The van der Waals surface area contributed by atoms with Gasteiger partial charge in [0.1, 0.15) is 11.6 Å². The molecule has 0 spiro atoms. The summed E-state index contributed by atoms with van der Waals surface area (Å²) < 4.78 is 5.42. The van der Waals surface area contributed by atoms with Gasteiger partial charge in [-0.3, -0.25) is 4.98 Å². The van der Waals surface area contributed by atoms with Gasteiger partial charge in [-0.1, -0.05) is 36.4 Å². The number of methoxy groups -OCH3 is 1. The Morgan fingerprint density at radius 2 is 1.76 bits per heavy atom. The van der Waals surface area contributed by atoms with Crippen LogP contribution in [0.15, 0.2) is 91.3 Å². The summed E-state index contributed by atoms with van der Waals surface area (Å²) >= 11 is 0. The molecule has 0 bridgehead atoms. The number of hydrogen-bond donors (Lipinski definition) is 1. The molecular formula is C29H22N4O. The van der Waals surface area contributed by atoms with Crippen molar-refractivity contribution >= 4 is 28.5 Å². The molecule has 6 rings (SSSR count). The van der Waals surface area contributed by atoms with Crippen LogP contribution in [0, 0.1) is 0 Å². The second-order valence-electron chi connectivity index (χ2n) is 8.25. The highest BCUT2D eigenvalue weighted by Crippen LogP contribution is 2.33. The van der Waals surface area contributed by atoms with Crippen LogP contribution in [0.3, 0.4) is 0 Å². The minimum absolute atomic E-state index is 0.637. The molecule has 0 saturated heterocycles. The maximum absolute atomic E-state index is 5.42. The summed E-state index contributed by atoms with van der Waals surface area (Å²) in [5, 5.41) is 4.51. The number of nitrogens with one attached hydrogen (secondary N) is 1. The largest absolute Gasteiger partial charge is 0.497 e. The van der Waals surface area contributed by atoms with Crippen molar-refractivity contribution in [1.82, 2.24) is 15.0 Å². The molecule has 1 aliphatic rings. The average Bonchev–Trinajstić information content (AvgIpc) is 3.37. The number of ether oxygens (including phenoxy) is 1. The number of hydrogen-bond acceptors (Lipinski definition) is 5. The van der Waals surface area contributed by atoms with Gasteiger partial charge in [-0.25, -0.2) is 9.97 Å². The summed E-state index contributed by atoms with van der Waals surface area (Å²) in [7, 11) is 1.68. The fourth-order valence-corrected chi connectivity index (χ4v) is 4.29. The Kier molecular flexibility index (Phi) is 5.00. The number of rotatable bonds is 5. The summed E-state index contributed by atoms with van der Waals surface area (Å²) in [6.45, 7) is 0. The Labute approximate surface area is 197 Å². The first-order valence-electron chi connectivity index (χ1n) is 11.2. The Morgan fingerprint density at radius 3 is 2.65 bits per heavy atom. The highest BCUT2D eigenvalue weighted by molar-refractivity contribution is 5.95. The molecule has 0 unspecified atom stereocenters. The van der Waals surface area contributed by atoms with Gasteiger partial charge in [0.05, 0.1) is 12.6 Å². The number of aromatic nitrogens is 3. The molecule has 0 amide bonds. The van der Waals surface area contributed by atoms with E-state index in [2.05, 4.69) is 58.9 Å². The summed E-state index contributed by atoms with van der Waals surface area (Å²) in [5.74, 6) is 2.22. The van der Waals surface area contributed by atoms with Gasteiger partial charge in [0, 0.05) is 29.0 Å². The summed E-state index contributed by atoms with van der Waals surface area (Å²) in [6, 6.07) is 24.6. The average molecular weight is 443 g/mol. The zero-order valence-corrected chi connectivity index (χ0v) is 18.7. The van der Waals surface area contributed by atoms with Gasteiger partial charge >= 0.3 is 0 Å². The Morgan fingerprint density at radius 1 is 0.853 bits per heavy atom. The van der Waals surface area contributed by atoms with Crippen molar-refractivity contribution in [3.8, 4) is 28.3 Å². The van der Waals surface area contributed by atoms with E-state index in [1.54, 1.807) is 19.5 Å². The predicted molar refractivity (Wildman–Crippen MR) is 137 cm³/mol. The number of benzene rings is 3. The van der Waals surface area contributed by atoms with Gasteiger partial charge in [0.15, 0.2) is 5.82 Å². The third-order valence-electron chi connectivity index (χ3n) is 6.06. The lowest BCUT2D eigenvalue weighted by molar-refractivity contribution is 0.415. The first kappa shape index (κ1) is 20.1. The van der Waals surface area contributed by atoms with Crippen molar-refractivity contribution < 1.29 is 4.74 Å². The zero-order valence-electron chi connectivity index (χ0n) is 18.7. The number of pyridine rings is 1. The van der Waals surface area contributed by atoms with E-state index < -0.39 is 0 Å². The fraction of sp³-hybridized carbons (Fsp3) is 0.0690. The van der Waals surface area contributed by atoms with Crippen LogP contribution in [0.4, 0.5) is 11.5 Å². The minimum atomic E-state index is 0.637. The lowest BCUT2D eigenvalue weighted by Gasteiger charge is -2.13. The number of anilines is 2. The molecule has 0 aliphatic heterocycles. The van der Waals surface area contributed by atoms with Gasteiger partial charge in [0.2, 0.25) is 0 Å². The van der Waals surface area contributed by atoms with Crippen molar-refractivity contribution in [2.75, 3.05) is 12.4 Å². The molecular weight excluding hydrogens is 420 g/mol. The molecule has 164 valence electrons. The molecule has 0 saturated carbocycles. The van der Waals surface area contributed by atoms with Crippen LogP contribution in [-0.2, 0) is 6.42 Å². The number of fused-ring (bicyclic) bond motifs is 2. The first-order valence-corrected chi connectivity index (χ1v) is 11.2. The maximum atomic E-state index is 5.42. The monoisotopic (exact) mass is 442 g/mol. The van der Waals surface area contributed by atoms with Crippen LogP contribution in [0.2, 0.25) is 0 Å². The summed E-state index contributed by atoms with van der Waals surface area (Å²) in [6.07, 6.45) is 8.88. The normalized spacial score (nSPS) is 12.0. The van der Waals surface area contributed by atoms with Crippen LogP contribution < -0.4 is 10.1 Å². The molecule has 1 aliphatic carbocycles. The van der Waals surface area contributed by atoms with Crippen LogP contribution in [0.25, 0.3) is 39.5 Å². The molecule has 5 nitrogen and oxygen atoms in total. The molecule has 34 heavy (non-hydrogen) atoms. The summed E-state index contributed by atoms with van der Waals surface area (Å²) in [4.78, 5) is 14.0. The Bertz CT molecular complexity index is 1540. The lowest BCUT2D eigenvalue weighted by atomic mass is 10.0. The van der Waals surface area contributed by atoms with Crippen molar-refractivity contribution in [3.63, 3.8) is 0 Å². The molecule has 1 N–H and O–H groups in total. The van der Waals surface area contributed by atoms with Gasteiger partial charge in [-0.2, -0.15) is 0 Å². The van der Waals surface area contributed by atoms with Gasteiger partial charge in [0.25, 0.3) is 0 Å². The lowest BCUT2D eigenvalue weighted by Crippen LogP contribution is -2.00. The molecule has 3 aromatic carbocycles. The van der Waals surface area contributed by atoms with E-state index in [-0.39, 0.29) is 0 Å². The highest BCUT2D eigenvalue weighted by Gasteiger charge is 2.13. The molecule has 2 aromatic heterocycles. The predicted octanol–water partition coefficient (Wildman–Crippen LogP) is 6.68. The van der Waals surface area contributed by atoms with Crippen LogP contribution in [0.1, 0.15) is 11.1 Å². The zero-order chi connectivity index (χ0) is 22.9. The van der Waals surface area contributed by atoms with E-state index in [1.807, 2.05) is 36.4 Å². The van der Waals surface area contributed by atoms with E-state index in [9.17, 15) is 0 Å². The molecule has 2 heterocycles. The van der Waals surface area contributed by atoms with E-state index in [0.717, 1.165) is 51.3 Å². The third-order valence-corrected chi connectivity index (χ3v) is 6.06. The van der Waals surface area contributed by atoms with Crippen molar-refractivity contribution in [1.29, 1.82) is 0 Å². The van der Waals surface area contributed by atoms with Crippen molar-refractivity contribution in [3.05, 3.63) is 102 Å². The van der Waals surface area contributed by atoms with E-state index in [0.29, 0.717) is 5.82 Å². The second kappa shape index (κ2) is 8.45. The summed E-state index contributed by atoms with van der Waals surface area (Å²) in [5.41, 5.74) is 7.47. The SMILES string of the molecule is COc1cccc(-c2ccc3nc(-c4cccnc4)nc(Nc4ccc5c(c4)C=CC5)c3c2)c1. The van der Waals surface area contributed by atoms with Crippen molar-refractivity contribution in [2.45, 2.75) is 6.42 Å². The van der Waals surface area contributed by atoms with Crippen LogP contribution in [-0.4, -0.2) is 22.1 Å². The maximum Gasteiger partial charge on any atom is 0.163 e.